The van der Waals surface area contributed by atoms with Crippen molar-refractivity contribution in [2.24, 2.45) is 13.0 Å². The zero-order valence-corrected chi connectivity index (χ0v) is 13.1. The van der Waals surface area contributed by atoms with Crippen LogP contribution in [0.3, 0.4) is 0 Å². The molecule has 3 heteroatoms. The lowest BCUT2D eigenvalue weighted by Gasteiger charge is -2.28. The fraction of sp³-hybridized carbons (Fsp3) is 0.824. The van der Waals surface area contributed by atoms with Crippen molar-refractivity contribution in [1.29, 1.82) is 0 Å². The Labute approximate surface area is 123 Å². The van der Waals surface area contributed by atoms with Crippen LogP contribution in [0.25, 0.3) is 0 Å². The molecule has 0 aliphatic heterocycles. The summed E-state index contributed by atoms with van der Waals surface area (Å²) in [5.74, 6) is 0.974. The third kappa shape index (κ3) is 2.93. The van der Waals surface area contributed by atoms with E-state index in [1.165, 1.54) is 69.0 Å². The summed E-state index contributed by atoms with van der Waals surface area (Å²) in [5.41, 5.74) is 2.92. The minimum Gasteiger partial charge on any atom is -0.307 e. The Bertz CT molecular complexity index is 437. The zero-order chi connectivity index (χ0) is 13.9. The second kappa shape index (κ2) is 6.30. The highest BCUT2D eigenvalue weighted by molar-refractivity contribution is 5.24. The molecule has 0 amide bonds. The largest absolute Gasteiger partial charge is 0.307 e. The molecule has 0 radical (unpaired) electrons. The second-order valence-corrected chi connectivity index (χ2v) is 6.76. The number of aryl methyl sites for hydroxylation is 1. The lowest BCUT2D eigenvalue weighted by Crippen LogP contribution is -2.34. The number of rotatable bonds is 3. The fourth-order valence-electron chi connectivity index (χ4n) is 4.12. The predicted molar refractivity (Wildman–Crippen MR) is 82.7 cm³/mol. The van der Waals surface area contributed by atoms with Crippen molar-refractivity contribution in [3.63, 3.8) is 0 Å². The number of aromatic nitrogens is 2. The zero-order valence-electron chi connectivity index (χ0n) is 13.1. The van der Waals surface area contributed by atoms with Gasteiger partial charge >= 0.3 is 0 Å². The molecule has 1 heterocycles. The van der Waals surface area contributed by atoms with E-state index in [4.69, 9.17) is 0 Å². The van der Waals surface area contributed by atoms with Crippen LogP contribution < -0.4 is 5.32 Å². The number of hydrogen-bond acceptors (Lipinski definition) is 2. The van der Waals surface area contributed by atoms with Gasteiger partial charge in [-0.15, -0.1) is 0 Å². The van der Waals surface area contributed by atoms with Crippen molar-refractivity contribution in [2.45, 2.75) is 76.8 Å². The maximum atomic E-state index is 4.46. The third-order valence-corrected chi connectivity index (χ3v) is 5.48. The van der Waals surface area contributed by atoms with Gasteiger partial charge in [-0.05, 0) is 44.4 Å². The molecule has 3 nitrogen and oxygen atoms in total. The summed E-state index contributed by atoms with van der Waals surface area (Å²) >= 11 is 0. The topological polar surface area (TPSA) is 29.9 Å². The number of nitrogens with zero attached hydrogens (tertiary/aromatic N) is 2. The minimum atomic E-state index is 0.552. The van der Waals surface area contributed by atoms with Crippen LogP contribution in [0.15, 0.2) is 6.20 Å². The van der Waals surface area contributed by atoms with E-state index in [0.29, 0.717) is 6.04 Å². The molecule has 0 aromatic carbocycles. The van der Waals surface area contributed by atoms with Gasteiger partial charge in [0.05, 0.1) is 6.20 Å². The van der Waals surface area contributed by atoms with Crippen LogP contribution in [0, 0.1) is 5.92 Å². The van der Waals surface area contributed by atoms with Gasteiger partial charge in [-0.1, -0.05) is 26.2 Å². The van der Waals surface area contributed by atoms with Gasteiger partial charge in [-0.2, -0.15) is 5.10 Å². The lowest BCUT2D eigenvalue weighted by molar-refractivity contribution is 0.360. The highest BCUT2D eigenvalue weighted by atomic mass is 15.3. The van der Waals surface area contributed by atoms with Gasteiger partial charge in [-0.25, -0.2) is 0 Å². The van der Waals surface area contributed by atoms with Gasteiger partial charge in [0, 0.05) is 30.4 Å². The molecule has 1 fully saturated rings. The molecule has 0 spiro atoms. The molecule has 2 aliphatic carbocycles. The number of nitrogens with one attached hydrogen (secondary N) is 1. The molecule has 3 rings (SSSR count). The van der Waals surface area contributed by atoms with Crippen molar-refractivity contribution in [2.75, 3.05) is 0 Å². The first kappa shape index (κ1) is 14.1. The standard InChI is InChI=1S/C17H29N3/c1-3-13-6-4-7-14(11-10-13)19-16-8-5-9-17-15(16)12-18-20(17)2/h12-14,16,19H,3-11H2,1-2H3. The Balaban J connectivity index is 1.64. The van der Waals surface area contributed by atoms with Gasteiger partial charge < -0.3 is 5.32 Å². The summed E-state index contributed by atoms with van der Waals surface area (Å²) in [7, 11) is 2.08. The molecule has 1 aromatic rings. The summed E-state index contributed by atoms with van der Waals surface area (Å²) in [4.78, 5) is 0. The SMILES string of the molecule is CCC1CCCC(NC2CCCc3c2cnn3C)CC1. The van der Waals surface area contributed by atoms with Crippen molar-refractivity contribution in [1.82, 2.24) is 15.1 Å². The Hall–Kier alpha value is -0.830. The molecule has 2 aliphatic rings. The Morgan fingerprint density at radius 2 is 2.10 bits per heavy atom. The number of hydrogen-bond donors (Lipinski definition) is 1. The molecule has 3 unspecified atom stereocenters. The summed E-state index contributed by atoms with van der Waals surface area (Å²) in [6, 6.07) is 1.28. The summed E-state index contributed by atoms with van der Waals surface area (Å²) < 4.78 is 2.07. The van der Waals surface area contributed by atoms with Crippen molar-refractivity contribution < 1.29 is 0 Å². The molecular formula is C17H29N3. The van der Waals surface area contributed by atoms with E-state index in [1.54, 1.807) is 0 Å². The molecule has 1 N–H and O–H groups in total. The highest BCUT2D eigenvalue weighted by Crippen LogP contribution is 2.32. The molecule has 3 atom stereocenters. The van der Waals surface area contributed by atoms with Crippen LogP contribution in [0.1, 0.15) is 75.6 Å². The van der Waals surface area contributed by atoms with Crippen LogP contribution in [-0.4, -0.2) is 15.8 Å². The summed E-state index contributed by atoms with van der Waals surface area (Å²) in [6.07, 6.45) is 14.2. The van der Waals surface area contributed by atoms with Gasteiger partial charge in [-0.3, -0.25) is 4.68 Å². The third-order valence-electron chi connectivity index (χ3n) is 5.48. The molecule has 0 bridgehead atoms. The van der Waals surface area contributed by atoms with E-state index in [0.717, 1.165) is 12.0 Å². The van der Waals surface area contributed by atoms with Crippen molar-refractivity contribution in [3.05, 3.63) is 17.5 Å². The van der Waals surface area contributed by atoms with Crippen molar-refractivity contribution in [3.8, 4) is 0 Å². The predicted octanol–water partition coefficient (Wildman–Crippen LogP) is 3.75. The van der Waals surface area contributed by atoms with E-state index in [9.17, 15) is 0 Å². The number of fused-ring (bicyclic) bond motifs is 1. The van der Waals surface area contributed by atoms with E-state index < -0.39 is 0 Å². The smallest absolute Gasteiger partial charge is 0.0540 e. The lowest BCUT2D eigenvalue weighted by atomic mass is 9.91. The molecular weight excluding hydrogens is 246 g/mol. The molecule has 1 saturated carbocycles. The summed E-state index contributed by atoms with van der Waals surface area (Å²) in [5, 5.41) is 8.42. The van der Waals surface area contributed by atoms with Gasteiger partial charge in [0.2, 0.25) is 0 Å². The Morgan fingerprint density at radius 1 is 1.20 bits per heavy atom. The Kier molecular flexibility index (Phi) is 4.45. The average Bonchev–Trinajstić information content (AvgIpc) is 2.71. The van der Waals surface area contributed by atoms with Crippen LogP contribution in [0.5, 0.6) is 0 Å². The highest BCUT2D eigenvalue weighted by Gasteiger charge is 2.26. The van der Waals surface area contributed by atoms with Gasteiger partial charge in [0.15, 0.2) is 0 Å². The van der Waals surface area contributed by atoms with E-state index >= 15 is 0 Å². The fourth-order valence-corrected chi connectivity index (χ4v) is 4.12. The average molecular weight is 275 g/mol. The van der Waals surface area contributed by atoms with E-state index in [-0.39, 0.29) is 0 Å². The minimum absolute atomic E-state index is 0.552. The maximum Gasteiger partial charge on any atom is 0.0540 e. The Morgan fingerprint density at radius 3 is 2.95 bits per heavy atom. The second-order valence-electron chi connectivity index (χ2n) is 6.76. The van der Waals surface area contributed by atoms with Crippen molar-refractivity contribution >= 4 is 0 Å². The quantitative estimate of drug-likeness (QED) is 0.852. The molecule has 1 aromatic heterocycles. The molecule has 20 heavy (non-hydrogen) atoms. The normalized spacial score (nSPS) is 30.8. The first-order chi connectivity index (χ1) is 9.78. The first-order valence-electron chi connectivity index (χ1n) is 8.54. The van der Waals surface area contributed by atoms with Gasteiger partial charge in [0.1, 0.15) is 0 Å². The van der Waals surface area contributed by atoms with Crippen LogP contribution >= 0.6 is 0 Å². The first-order valence-corrected chi connectivity index (χ1v) is 8.54. The van der Waals surface area contributed by atoms with Crippen LogP contribution in [0.2, 0.25) is 0 Å². The summed E-state index contributed by atoms with van der Waals surface area (Å²) in [6.45, 7) is 2.35. The maximum absolute atomic E-state index is 4.46. The van der Waals surface area contributed by atoms with Crippen LogP contribution in [-0.2, 0) is 13.5 Å². The van der Waals surface area contributed by atoms with E-state index in [2.05, 4.69) is 35.3 Å². The molecule has 112 valence electrons. The monoisotopic (exact) mass is 275 g/mol. The van der Waals surface area contributed by atoms with Gasteiger partial charge in [0.25, 0.3) is 0 Å². The van der Waals surface area contributed by atoms with Crippen LogP contribution in [0.4, 0.5) is 0 Å². The van der Waals surface area contributed by atoms with E-state index in [1.807, 2.05) is 0 Å². The molecule has 0 saturated heterocycles.